The van der Waals surface area contributed by atoms with Crippen LogP contribution in [0.3, 0.4) is 0 Å². The van der Waals surface area contributed by atoms with Crippen molar-refractivity contribution in [1.29, 1.82) is 0 Å². The summed E-state index contributed by atoms with van der Waals surface area (Å²) in [6.07, 6.45) is 7.83. The number of rotatable bonds is 2. The maximum atomic E-state index is 2.31. The van der Waals surface area contributed by atoms with Gasteiger partial charge in [-0.2, -0.15) is 0 Å². The van der Waals surface area contributed by atoms with Crippen molar-refractivity contribution in [2.75, 3.05) is 0 Å². The Morgan fingerprint density at radius 1 is 0.900 bits per heavy atom. The van der Waals surface area contributed by atoms with E-state index in [0.717, 1.165) is 6.42 Å². The average Bonchev–Trinajstić information content (AvgIpc) is 2.47. The fourth-order valence-electron chi connectivity index (χ4n) is 2.78. The molecule has 1 atom stereocenters. The molecular weight excluding hydrogens is 240 g/mol. The third-order valence-corrected chi connectivity index (χ3v) is 3.86. The van der Waals surface area contributed by atoms with Gasteiger partial charge in [0.2, 0.25) is 0 Å². The predicted octanol–water partition coefficient (Wildman–Crippen LogP) is 5.64. The van der Waals surface area contributed by atoms with Crippen molar-refractivity contribution in [1.82, 2.24) is 0 Å². The smallest absolute Gasteiger partial charge is 0.0178 e. The van der Waals surface area contributed by atoms with Crippen LogP contribution in [-0.2, 0) is 0 Å². The molecular formula is C20H20. The molecule has 2 aromatic rings. The van der Waals surface area contributed by atoms with Gasteiger partial charge < -0.3 is 0 Å². The van der Waals surface area contributed by atoms with Crippen molar-refractivity contribution < 1.29 is 0 Å². The van der Waals surface area contributed by atoms with Crippen molar-refractivity contribution in [2.45, 2.75) is 20.3 Å². The number of aryl methyl sites for hydroxylation is 1. The van der Waals surface area contributed by atoms with Crippen molar-refractivity contribution in [3.8, 4) is 11.1 Å². The van der Waals surface area contributed by atoms with Gasteiger partial charge in [-0.15, -0.1) is 0 Å². The van der Waals surface area contributed by atoms with Gasteiger partial charge in [0.15, 0.2) is 0 Å². The van der Waals surface area contributed by atoms with Crippen molar-refractivity contribution >= 4 is 5.57 Å². The van der Waals surface area contributed by atoms with Crippen LogP contribution in [-0.4, -0.2) is 0 Å². The highest BCUT2D eigenvalue weighted by molar-refractivity contribution is 5.74. The molecule has 100 valence electrons. The first-order valence-electron chi connectivity index (χ1n) is 7.27. The van der Waals surface area contributed by atoms with E-state index in [2.05, 4.69) is 80.6 Å². The highest BCUT2D eigenvalue weighted by atomic mass is 14.1. The molecule has 0 spiro atoms. The molecule has 0 radical (unpaired) electrons. The summed E-state index contributed by atoms with van der Waals surface area (Å²) < 4.78 is 0. The number of hydrogen-bond acceptors (Lipinski definition) is 0. The van der Waals surface area contributed by atoms with Gasteiger partial charge in [0.25, 0.3) is 0 Å². The number of hydrogen-bond donors (Lipinski definition) is 0. The van der Waals surface area contributed by atoms with Crippen molar-refractivity contribution in [2.24, 2.45) is 5.92 Å². The summed E-state index contributed by atoms with van der Waals surface area (Å²) in [7, 11) is 0. The lowest BCUT2D eigenvalue weighted by atomic mass is 9.90. The summed E-state index contributed by atoms with van der Waals surface area (Å²) in [5, 5.41) is 0. The molecule has 1 aliphatic rings. The molecule has 0 saturated carbocycles. The molecule has 0 fully saturated rings. The van der Waals surface area contributed by atoms with E-state index >= 15 is 0 Å². The van der Waals surface area contributed by atoms with E-state index in [4.69, 9.17) is 0 Å². The van der Waals surface area contributed by atoms with Crippen LogP contribution in [0.5, 0.6) is 0 Å². The van der Waals surface area contributed by atoms with Crippen LogP contribution in [0.4, 0.5) is 0 Å². The Morgan fingerprint density at radius 2 is 1.60 bits per heavy atom. The van der Waals surface area contributed by atoms with Crippen LogP contribution in [0, 0.1) is 12.8 Å². The Morgan fingerprint density at radius 3 is 2.35 bits per heavy atom. The second-order valence-corrected chi connectivity index (χ2v) is 5.71. The van der Waals surface area contributed by atoms with Crippen LogP contribution < -0.4 is 0 Å². The zero-order valence-electron chi connectivity index (χ0n) is 12.1. The van der Waals surface area contributed by atoms with E-state index in [9.17, 15) is 0 Å². The van der Waals surface area contributed by atoms with Gasteiger partial charge in [-0.25, -0.2) is 0 Å². The van der Waals surface area contributed by atoms with Crippen LogP contribution in [0.25, 0.3) is 16.7 Å². The summed E-state index contributed by atoms with van der Waals surface area (Å²) in [4.78, 5) is 0. The van der Waals surface area contributed by atoms with Gasteiger partial charge >= 0.3 is 0 Å². The molecule has 0 nitrogen and oxygen atoms in total. The van der Waals surface area contributed by atoms with Crippen LogP contribution >= 0.6 is 0 Å². The number of allylic oxidation sites excluding steroid dienone is 4. The minimum absolute atomic E-state index is 0.637. The summed E-state index contributed by atoms with van der Waals surface area (Å²) in [6, 6.07) is 17.6. The van der Waals surface area contributed by atoms with Crippen LogP contribution in [0.15, 0.2) is 66.8 Å². The molecule has 0 bridgehead atoms. The molecule has 0 aliphatic heterocycles. The van der Waals surface area contributed by atoms with E-state index in [1.54, 1.807) is 0 Å². The SMILES string of the molecule is Cc1cccc(-c2cccc(C3=CC=CC(C)C3)c2)c1. The molecule has 0 aromatic heterocycles. The van der Waals surface area contributed by atoms with E-state index in [0.29, 0.717) is 5.92 Å². The molecule has 20 heavy (non-hydrogen) atoms. The molecule has 0 heteroatoms. The zero-order valence-corrected chi connectivity index (χ0v) is 12.1. The van der Waals surface area contributed by atoms with E-state index < -0.39 is 0 Å². The third kappa shape index (κ3) is 2.75. The molecule has 0 saturated heterocycles. The van der Waals surface area contributed by atoms with Crippen LogP contribution in [0.2, 0.25) is 0 Å². The molecule has 0 N–H and O–H groups in total. The standard InChI is InChI=1S/C20H20/c1-15-6-3-8-17(12-15)19-10-5-11-20(14-19)18-9-4-7-16(2)13-18/h3-12,14,16H,13H2,1-2H3. The number of benzene rings is 2. The highest BCUT2D eigenvalue weighted by Crippen LogP contribution is 2.30. The minimum atomic E-state index is 0.637. The summed E-state index contributed by atoms with van der Waals surface area (Å²) in [5.74, 6) is 0.637. The van der Waals surface area contributed by atoms with E-state index in [1.165, 1.54) is 27.8 Å². The quantitative estimate of drug-likeness (QED) is 0.655. The van der Waals surface area contributed by atoms with E-state index in [-0.39, 0.29) is 0 Å². The lowest BCUT2D eigenvalue weighted by molar-refractivity contribution is 0.749. The minimum Gasteiger partial charge on any atom is -0.0814 e. The molecule has 2 aromatic carbocycles. The zero-order chi connectivity index (χ0) is 13.9. The second-order valence-electron chi connectivity index (χ2n) is 5.71. The molecule has 0 heterocycles. The fourth-order valence-corrected chi connectivity index (χ4v) is 2.78. The normalized spacial score (nSPS) is 17.9. The Hall–Kier alpha value is -2.08. The Balaban J connectivity index is 1.98. The fraction of sp³-hybridized carbons (Fsp3) is 0.200. The van der Waals surface area contributed by atoms with E-state index in [1.807, 2.05) is 0 Å². The average molecular weight is 260 g/mol. The second kappa shape index (κ2) is 5.50. The third-order valence-electron chi connectivity index (χ3n) is 3.86. The summed E-state index contributed by atoms with van der Waals surface area (Å²) >= 11 is 0. The predicted molar refractivity (Wildman–Crippen MR) is 87.5 cm³/mol. The van der Waals surface area contributed by atoms with Crippen molar-refractivity contribution in [3.05, 3.63) is 77.9 Å². The van der Waals surface area contributed by atoms with Gasteiger partial charge in [-0.3, -0.25) is 0 Å². The lowest BCUT2D eigenvalue weighted by Crippen LogP contribution is -1.97. The topological polar surface area (TPSA) is 0 Å². The first-order valence-corrected chi connectivity index (χ1v) is 7.27. The Bertz CT molecular complexity index is 674. The first kappa shape index (κ1) is 12.9. The van der Waals surface area contributed by atoms with Gasteiger partial charge in [0, 0.05) is 0 Å². The maximum absolute atomic E-state index is 2.31. The molecule has 1 aliphatic carbocycles. The first-order chi connectivity index (χ1) is 9.72. The van der Waals surface area contributed by atoms with Gasteiger partial charge in [-0.05, 0) is 47.6 Å². The Kier molecular flexibility index (Phi) is 3.56. The lowest BCUT2D eigenvalue weighted by Gasteiger charge is -2.15. The maximum Gasteiger partial charge on any atom is -0.0178 e. The summed E-state index contributed by atoms with van der Waals surface area (Å²) in [6.45, 7) is 4.41. The highest BCUT2D eigenvalue weighted by Gasteiger charge is 2.09. The Labute approximate surface area is 121 Å². The monoisotopic (exact) mass is 260 g/mol. The molecule has 1 unspecified atom stereocenters. The van der Waals surface area contributed by atoms with Gasteiger partial charge in [0.05, 0.1) is 0 Å². The molecule has 0 amide bonds. The van der Waals surface area contributed by atoms with Gasteiger partial charge in [-0.1, -0.05) is 73.2 Å². The molecule has 3 rings (SSSR count). The van der Waals surface area contributed by atoms with Crippen molar-refractivity contribution in [3.63, 3.8) is 0 Å². The van der Waals surface area contributed by atoms with Crippen LogP contribution in [0.1, 0.15) is 24.5 Å². The largest absolute Gasteiger partial charge is 0.0814 e. The summed E-state index contributed by atoms with van der Waals surface area (Å²) in [5.41, 5.74) is 6.69. The van der Waals surface area contributed by atoms with Gasteiger partial charge in [0.1, 0.15) is 0 Å².